The summed E-state index contributed by atoms with van der Waals surface area (Å²) in [6, 6.07) is 11.6. The molecule has 1 aliphatic heterocycles. The van der Waals surface area contributed by atoms with E-state index in [1.165, 1.54) is 6.92 Å². The number of carbonyl (C=O) groups excluding carboxylic acids is 3. The maximum absolute atomic E-state index is 12.3. The summed E-state index contributed by atoms with van der Waals surface area (Å²) >= 11 is 0. The molecule has 0 saturated heterocycles. The van der Waals surface area contributed by atoms with Crippen molar-refractivity contribution in [3.05, 3.63) is 48.0 Å². The normalized spacial score (nSPS) is 12.5. The van der Waals surface area contributed by atoms with Crippen LogP contribution in [0.1, 0.15) is 17.3 Å². The first-order valence-corrected chi connectivity index (χ1v) is 7.27. The molecular weight excluding hydrogens is 310 g/mol. The summed E-state index contributed by atoms with van der Waals surface area (Å²) in [5.74, 6) is -0.239. The smallest absolute Gasteiger partial charge is 0.262 e. The van der Waals surface area contributed by atoms with Gasteiger partial charge in [0.2, 0.25) is 5.91 Å². The van der Waals surface area contributed by atoms with Crippen molar-refractivity contribution in [2.45, 2.75) is 6.92 Å². The Morgan fingerprint density at radius 1 is 1.08 bits per heavy atom. The summed E-state index contributed by atoms with van der Waals surface area (Å²) in [5, 5.41) is 8.07. The maximum atomic E-state index is 12.3. The monoisotopic (exact) mass is 325 g/mol. The molecule has 0 spiro atoms. The van der Waals surface area contributed by atoms with Crippen molar-refractivity contribution >= 4 is 34.8 Å². The Morgan fingerprint density at radius 3 is 2.67 bits per heavy atom. The van der Waals surface area contributed by atoms with Gasteiger partial charge >= 0.3 is 0 Å². The number of hydrogen-bond donors (Lipinski definition) is 3. The van der Waals surface area contributed by atoms with E-state index in [0.29, 0.717) is 28.4 Å². The zero-order valence-corrected chi connectivity index (χ0v) is 12.9. The van der Waals surface area contributed by atoms with E-state index in [2.05, 4.69) is 16.0 Å². The van der Waals surface area contributed by atoms with Gasteiger partial charge in [-0.25, -0.2) is 0 Å². The predicted molar refractivity (Wildman–Crippen MR) is 89.3 cm³/mol. The molecule has 24 heavy (non-hydrogen) atoms. The van der Waals surface area contributed by atoms with Crippen LogP contribution in [0.15, 0.2) is 42.5 Å². The number of fused-ring (bicyclic) bond motifs is 1. The van der Waals surface area contributed by atoms with Crippen LogP contribution in [0, 0.1) is 0 Å². The first-order chi connectivity index (χ1) is 11.5. The van der Waals surface area contributed by atoms with Gasteiger partial charge < -0.3 is 20.7 Å². The number of amides is 3. The Bertz CT molecular complexity index is 832. The maximum Gasteiger partial charge on any atom is 0.262 e. The number of carbonyl (C=O) groups is 3. The van der Waals surface area contributed by atoms with Crippen molar-refractivity contribution in [1.29, 1.82) is 0 Å². The Kier molecular flexibility index (Phi) is 4.15. The van der Waals surface area contributed by atoms with Crippen molar-refractivity contribution in [3.8, 4) is 5.75 Å². The highest BCUT2D eigenvalue weighted by molar-refractivity contribution is 6.05. The molecular formula is C17H15N3O4. The highest BCUT2D eigenvalue weighted by atomic mass is 16.5. The molecule has 7 nitrogen and oxygen atoms in total. The van der Waals surface area contributed by atoms with E-state index in [-0.39, 0.29) is 24.3 Å². The van der Waals surface area contributed by atoms with E-state index in [1.54, 1.807) is 42.5 Å². The summed E-state index contributed by atoms with van der Waals surface area (Å²) in [6.07, 6.45) is 0. The zero-order valence-electron chi connectivity index (χ0n) is 12.9. The van der Waals surface area contributed by atoms with Gasteiger partial charge in [0.05, 0.1) is 5.69 Å². The molecule has 1 aliphatic rings. The van der Waals surface area contributed by atoms with Crippen LogP contribution < -0.4 is 20.7 Å². The lowest BCUT2D eigenvalue weighted by Crippen LogP contribution is -2.25. The van der Waals surface area contributed by atoms with Crippen molar-refractivity contribution in [2.24, 2.45) is 0 Å². The summed E-state index contributed by atoms with van der Waals surface area (Å²) in [6.45, 7) is 1.35. The summed E-state index contributed by atoms with van der Waals surface area (Å²) in [7, 11) is 0. The van der Waals surface area contributed by atoms with Crippen LogP contribution in [0.3, 0.4) is 0 Å². The quantitative estimate of drug-likeness (QED) is 0.806. The second-order valence-electron chi connectivity index (χ2n) is 5.26. The number of nitrogens with one attached hydrogen (secondary N) is 3. The molecule has 7 heteroatoms. The van der Waals surface area contributed by atoms with E-state index in [4.69, 9.17) is 4.74 Å². The molecule has 2 aromatic carbocycles. The average Bonchev–Trinajstić information content (AvgIpc) is 2.54. The minimum absolute atomic E-state index is 0.0524. The Balaban J connectivity index is 1.75. The number of benzene rings is 2. The van der Waals surface area contributed by atoms with E-state index in [0.717, 1.165) is 0 Å². The molecule has 2 aromatic rings. The van der Waals surface area contributed by atoms with E-state index in [9.17, 15) is 14.4 Å². The number of hydrogen-bond acceptors (Lipinski definition) is 4. The van der Waals surface area contributed by atoms with Gasteiger partial charge in [0.15, 0.2) is 6.61 Å². The Labute approximate surface area is 138 Å². The van der Waals surface area contributed by atoms with Crippen LogP contribution in [0.4, 0.5) is 17.1 Å². The largest absolute Gasteiger partial charge is 0.482 e. The van der Waals surface area contributed by atoms with Gasteiger partial charge in [-0.15, -0.1) is 0 Å². The molecule has 122 valence electrons. The number of ether oxygens (including phenoxy) is 1. The molecule has 0 aliphatic carbocycles. The molecule has 0 radical (unpaired) electrons. The van der Waals surface area contributed by atoms with E-state index >= 15 is 0 Å². The summed E-state index contributed by atoms with van der Waals surface area (Å²) in [5.41, 5.74) is 2.07. The third kappa shape index (κ3) is 3.52. The van der Waals surface area contributed by atoms with Crippen LogP contribution in [0.2, 0.25) is 0 Å². The average molecular weight is 325 g/mol. The van der Waals surface area contributed by atoms with Crippen LogP contribution in [-0.2, 0) is 9.59 Å². The van der Waals surface area contributed by atoms with Gasteiger partial charge in [-0.05, 0) is 30.3 Å². The molecule has 3 rings (SSSR count). The molecule has 0 aromatic heterocycles. The molecule has 3 N–H and O–H groups in total. The third-order valence-electron chi connectivity index (χ3n) is 3.32. The minimum Gasteiger partial charge on any atom is -0.482 e. The first kappa shape index (κ1) is 15.5. The van der Waals surface area contributed by atoms with E-state index in [1.807, 2.05) is 0 Å². The molecule has 0 unspecified atom stereocenters. The van der Waals surface area contributed by atoms with E-state index < -0.39 is 0 Å². The van der Waals surface area contributed by atoms with Crippen molar-refractivity contribution in [3.63, 3.8) is 0 Å². The van der Waals surface area contributed by atoms with Gasteiger partial charge in [-0.1, -0.05) is 6.07 Å². The number of rotatable bonds is 3. The molecule has 0 saturated carbocycles. The second-order valence-corrected chi connectivity index (χ2v) is 5.26. The number of anilines is 3. The third-order valence-corrected chi connectivity index (χ3v) is 3.32. The highest BCUT2D eigenvalue weighted by Gasteiger charge is 2.16. The van der Waals surface area contributed by atoms with Gasteiger partial charge in [-0.2, -0.15) is 0 Å². The standard InChI is InChI=1S/C17H15N3O4/c1-10(21)18-12-4-2-3-11(7-12)17(23)19-13-5-6-14-15(8-13)24-9-16(22)20-14/h2-8H,9H2,1H3,(H,18,21)(H,19,23)(H,20,22). The van der Waals surface area contributed by atoms with Gasteiger partial charge in [-0.3, -0.25) is 14.4 Å². The first-order valence-electron chi connectivity index (χ1n) is 7.27. The van der Waals surface area contributed by atoms with Crippen molar-refractivity contribution in [2.75, 3.05) is 22.6 Å². The summed E-state index contributed by atoms with van der Waals surface area (Å²) < 4.78 is 5.32. The Hall–Kier alpha value is -3.35. The molecule has 0 atom stereocenters. The fourth-order valence-electron chi connectivity index (χ4n) is 2.30. The van der Waals surface area contributed by atoms with Crippen LogP contribution in [0.5, 0.6) is 5.75 Å². The fourth-order valence-corrected chi connectivity index (χ4v) is 2.30. The molecule has 0 fully saturated rings. The SMILES string of the molecule is CC(=O)Nc1cccc(C(=O)Nc2ccc3c(c2)OCC(=O)N3)c1. The molecule has 0 bridgehead atoms. The van der Waals surface area contributed by atoms with Crippen molar-refractivity contribution in [1.82, 2.24) is 0 Å². The van der Waals surface area contributed by atoms with Crippen LogP contribution in [0.25, 0.3) is 0 Å². The zero-order chi connectivity index (χ0) is 17.1. The molecule has 1 heterocycles. The molecule has 3 amide bonds. The van der Waals surface area contributed by atoms with Crippen LogP contribution in [-0.4, -0.2) is 24.3 Å². The lowest BCUT2D eigenvalue weighted by Gasteiger charge is -2.18. The van der Waals surface area contributed by atoms with Crippen molar-refractivity contribution < 1.29 is 19.1 Å². The lowest BCUT2D eigenvalue weighted by atomic mass is 10.1. The minimum atomic E-state index is -0.318. The topological polar surface area (TPSA) is 96.5 Å². The van der Waals surface area contributed by atoms with Crippen LogP contribution >= 0.6 is 0 Å². The fraction of sp³-hybridized carbons (Fsp3) is 0.118. The highest BCUT2D eigenvalue weighted by Crippen LogP contribution is 2.30. The summed E-state index contributed by atoms with van der Waals surface area (Å²) in [4.78, 5) is 34.7. The van der Waals surface area contributed by atoms with Gasteiger partial charge in [0, 0.05) is 29.9 Å². The lowest BCUT2D eigenvalue weighted by molar-refractivity contribution is -0.118. The predicted octanol–water partition coefficient (Wildman–Crippen LogP) is 2.23. The van der Waals surface area contributed by atoms with Gasteiger partial charge in [0.25, 0.3) is 11.8 Å². The second kappa shape index (κ2) is 6.41. The van der Waals surface area contributed by atoms with Gasteiger partial charge in [0.1, 0.15) is 5.75 Å². The Morgan fingerprint density at radius 2 is 1.88 bits per heavy atom.